The van der Waals surface area contributed by atoms with Crippen molar-refractivity contribution in [1.29, 1.82) is 0 Å². The number of carbonyl (C=O) groups is 2. The van der Waals surface area contributed by atoms with Crippen LogP contribution in [-0.2, 0) is 11.3 Å². The van der Waals surface area contributed by atoms with Gasteiger partial charge >= 0.3 is 0 Å². The molecule has 2 aromatic rings. The Balaban J connectivity index is 1.90. The van der Waals surface area contributed by atoms with Gasteiger partial charge in [-0.25, -0.2) is 0 Å². The third kappa shape index (κ3) is 4.21. The van der Waals surface area contributed by atoms with Crippen LogP contribution in [0.2, 0.25) is 0 Å². The maximum Gasteiger partial charge on any atom is 0.291 e. The molecule has 0 unspecified atom stereocenters. The lowest BCUT2D eigenvalue weighted by molar-refractivity contribution is -0.124. The maximum atomic E-state index is 11.8. The Bertz CT molecular complexity index is 601. The van der Waals surface area contributed by atoms with E-state index < -0.39 is 0 Å². The van der Waals surface area contributed by atoms with Gasteiger partial charge in [-0.05, 0) is 29.8 Å². The topological polar surface area (TPSA) is 71.3 Å². The third-order valence-electron chi connectivity index (χ3n) is 2.95. The van der Waals surface area contributed by atoms with E-state index in [1.165, 1.54) is 6.26 Å². The molecule has 1 aromatic heterocycles. The van der Waals surface area contributed by atoms with Crippen LogP contribution in [0.15, 0.2) is 47.1 Å². The minimum Gasteiger partial charge on any atom is -0.459 e. The highest BCUT2D eigenvalue weighted by atomic mass is 16.3. The molecule has 1 heterocycles. The summed E-state index contributed by atoms with van der Waals surface area (Å²) in [6, 6.07) is 10.6. The van der Waals surface area contributed by atoms with Gasteiger partial charge in [0.1, 0.15) is 0 Å². The maximum absolute atomic E-state index is 11.8. The molecule has 1 aromatic carbocycles. The van der Waals surface area contributed by atoms with Crippen LogP contribution < -0.4 is 10.6 Å². The predicted molar refractivity (Wildman–Crippen MR) is 79.8 cm³/mol. The number of anilines is 1. The molecule has 0 saturated carbocycles. The van der Waals surface area contributed by atoms with Crippen molar-refractivity contribution in [1.82, 2.24) is 5.32 Å². The minimum absolute atomic E-state index is 0.0187. The Hall–Kier alpha value is -2.56. The number of hydrogen-bond donors (Lipinski definition) is 2. The van der Waals surface area contributed by atoms with Gasteiger partial charge in [0.05, 0.1) is 6.26 Å². The Morgan fingerprint density at radius 2 is 1.86 bits per heavy atom. The fourth-order valence-electron chi connectivity index (χ4n) is 1.70. The van der Waals surface area contributed by atoms with Gasteiger partial charge in [-0.1, -0.05) is 26.0 Å². The smallest absolute Gasteiger partial charge is 0.291 e. The van der Waals surface area contributed by atoms with Crippen LogP contribution in [0.5, 0.6) is 0 Å². The molecular formula is C16H18N2O3. The van der Waals surface area contributed by atoms with Crippen molar-refractivity contribution in [2.75, 3.05) is 5.32 Å². The molecule has 0 aliphatic heterocycles. The van der Waals surface area contributed by atoms with E-state index in [0.717, 1.165) is 5.56 Å². The molecule has 0 bridgehead atoms. The number of carbonyl (C=O) groups excluding carboxylic acids is 2. The lowest BCUT2D eigenvalue weighted by Gasteiger charge is -2.08. The summed E-state index contributed by atoms with van der Waals surface area (Å²) in [5, 5.41) is 5.57. The lowest BCUT2D eigenvalue weighted by Crippen LogP contribution is -2.27. The third-order valence-corrected chi connectivity index (χ3v) is 2.95. The van der Waals surface area contributed by atoms with E-state index in [1.807, 2.05) is 26.0 Å². The molecule has 2 amide bonds. The van der Waals surface area contributed by atoms with Crippen molar-refractivity contribution in [3.8, 4) is 0 Å². The van der Waals surface area contributed by atoms with Gasteiger partial charge in [0, 0.05) is 18.2 Å². The summed E-state index contributed by atoms with van der Waals surface area (Å²) in [6.07, 6.45) is 1.45. The number of hydrogen-bond acceptors (Lipinski definition) is 3. The van der Waals surface area contributed by atoms with Crippen molar-refractivity contribution in [3.63, 3.8) is 0 Å². The summed E-state index contributed by atoms with van der Waals surface area (Å²) in [6.45, 7) is 4.18. The quantitative estimate of drug-likeness (QED) is 0.887. The molecule has 0 atom stereocenters. The number of benzene rings is 1. The van der Waals surface area contributed by atoms with Crippen LogP contribution >= 0.6 is 0 Å². The number of amides is 2. The SMILES string of the molecule is CC(C)C(=O)NCc1ccc(NC(=O)c2ccco2)cc1. The second-order valence-electron chi connectivity index (χ2n) is 5.00. The van der Waals surface area contributed by atoms with Gasteiger partial charge in [0.25, 0.3) is 5.91 Å². The van der Waals surface area contributed by atoms with Gasteiger partial charge in [0.15, 0.2) is 5.76 Å². The van der Waals surface area contributed by atoms with Crippen LogP contribution in [0.25, 0.3) is 0 Å². The minimum atomic E-state index is -0.291. The molecule has 0 aliphatic carbocycles. The van der Waals surface area contributed by atoms with E-state index in [1.54, 1.807) is 24.3 Å². The molecule has 0 fully saturated rings. The summed E-state index contributed by atoms with van der Waals surface area (Å²) in [5.74, 6) is -0.0359. The van der Waals surface area contributed by atoms with E-state index in [4.69, 9.17) is 4.42 Å². The number of rotatable bonds is 5. The number of nitrogens with one attached hydrogen (secondary N) is 2. The molecule has 5 nitrogen and oxygen atoms in total. The second-order valence-corrected chi connectivity index (χ2v) is 5.00. The zero-order valence-corrected chi connectivity index (χ0v) is 12.1. The zero-order chi connectivity index (χ0) is 15.2. The fourth-order valence-corrected chi connectivity index (χ4v) is 1.70. The zero-order valence-electron chi connectivity index (χ0n) is 12.1. The Kier molecular flexibility index (Phi) is 4.77. The van der Waals surface area contributed by atoms with Crippen LogP contribution in [0.3, 0.4) is 0 Å². The summed E-state index contributed by atoms with van der Waals surface area (Å²) < 4.78 is 5.02. The molecule has 0 saturated heterocycles. The van der Waals surface area contributed by atoms with Gasteiger partial charge in [-0.2, -0.15) is 0 Å². The van der Waals surface area contributed by atoms with E-state index in [0.29, 0.717) is 12.2 Å². The molecule has 0 radical (unpaired) electrons. The first-order chi connectivity index (χ1) is 10.1. The van der Waals surface area contributed by atoms with Crippen LogP contribution in [0, 0.1) is 5.92 Å². The molecule has 0 aliphatic rings. The highest BCUT2D eigenvalue weighted by molar-refractivity contribution is 6.02. The monoisotopic (exact) mass is 286 g/mol. The van der Waals surface area contributed by atoms with Crippen molar-refractivity contribution in [3.05, 3.63) is 54.0 Å². The summed E-state index contributed by atoms with van der Waals surface area (Å²) in [7, 11) is 0. The second kappa shape index (κ2) is 6.74. The van der Waals surface area contributed by atoms with Crippen LogP contribution in [-0.4, -0.2) is 11.8 Å². The van der Waals surface area contributed by atoms with Crippen molar-refractivity contribution in [2.24, 2.45) is 5.92 Å². The largest absolute Gasteiger partial charge is 0.459 e. The van der Waals surface area contributed by atoms with Gasteiger partial charge in [-0.3, -0.25) is 9.59 Å². The first-order valence-electron chi connectivity index (χ1n) is 6.78. The highest BCUT2D eigenvalue weighted by Crippen LogP contribution is 2.12. The van der Waals surface area contributed by atoms with Crippen LogP contribution in [0.4, 0.5) is 5.69 Å². The molecule has 110 valence electrons. The Morgan fingerprint density at radius 3 is 2.43 bits per heavy atom. The van der Waals surface area contributed by atoms with Crippen molar-refractivity contribution in [2.45, 2.75) is 20.4 Å². The summed E-state index contributed by atoms with van der Waals surface area (Å²) in [5.41, 5.74) is 1.65. The first-order valence-corrected chi connectivity index (χ1v) is 6.78. The van der Waals surface area contributed by atoms with Gasteiger partial charge in [0.2, 0.25) is 5.91 Å². The van der Waals surface area contributed by atoms with Crippen molar-refractivity contribution < 1.29 is 14.0 Å². The highest BCUT2D eigenvalue weighted by Gasteiger charge is 2.09. The van der Waals surface area contributed by atoms with E-state index in [-0.39, 0.29) is 23.5 Å². The Labute approximate surface area is 123 Å². The average Bonchev–Trinajstić information content (AvgIpc) is 3.00. The molecule has 2 rings (SSSR count). The van der Waals surface area contributed by atoms with Crippen LogP contribution in [0.1, 0.15) is 30.0 Å². The Morgan fingerprint density at radius 1 is 1.14 bits per heavy atom. The molecule has 5 heteroatoms. The molecule has 0 spiro atoms. The lowest BCUT2D eigenvalue weighted by atomic mass is 10.1. The first kappa shape index (κ1) is 14.8. The summed E-state index contributed by atoms with van der Waals surface area (Å²) >= 11 is 0. The molecule has 21 heavy (non-hydrogen) atoms. The van der Waals surface area contributed by atoms with E-state index in [9.17, 15) is 9.59 Å². The van der Waals surface area contributed by atoms with Gasteiger partial charge < -0.3 is 15.1 Å². The standard InChI is InChI=1S/C16H18N2O3/c1-11(2)15(19)17-10-12-5-7-13(8-6-12)18-16(20)14-4-3-9-21-14/h3-9,11H,10H2,1-2H3,(H,17,19)(H,18,20). The molecule has 2 N–H and O–H groups in total. The van der Waals surface area contributed by atoms with Gasteiger partial charge in [-0.15, -0.1) is 0 Å². The predicted octanol–water partition coefficient (Wildman–Crippen LogP) is 2.80. The average molecular weight is 286 g/mol. The summed E-state index contributed by atoms with van der Waals surface area (Å²) in [4.78, 5) is 23.3. The fraction of sp³-hybridized carbons (Fsp3) is 0.250. The molecular weight excluding hydrogens is 268 g/mol. The van der Waals surface area contributed by atoms with E-state index in [2.05, 4.69) is 10.6 Å². The number of furan rings is 1. The van der Waals surface area contributed by atoms with E-state index >= 15 is 0 Å². The van der Waals surface area contributed by atoms with Crippen molar-refractivity contribution >= 4 is 17.5 Å². The normalized spacial score (nSPS) is 10.4.